The van der Waals surface area contributed by atoms with Crippen LogP contribution in [0.25, 0.3) is 23.0 Å². The van der Waals surface area contributed by atoms with E-state index in [-0.39, 0.29) is 17.5 Å². The average Bonchev–Trinajstić information content (AvgIpc) is 3.31. The van der Waals surface area contributed by atoms with Gasteiger partial charge in [0.2, 0.25) is 0 Å². The van der Waals surface area contributed by atoms with Crippen molar-refractivity contribution >= 4 is 12.0 Å². The lowest BCUT2D eigenvalue weighted by Crippen LogP contribution is -2.36. The van der Waals surface area contributed by atoms with Crippen molar-refractivity contribution in [3.05, 3.63) is 84.6 Å². The number of hydrogen-bond donors (Lipinski definition) is 1. The molecule has 0 atom stereocenters. The highest BCUT2D eigenvalue weighted by atomic mass is 16.5. The molecule has 0 spiro atoms. The summed E-state index contributed by atoms with van der Waals surface area (Å²) in [5, 5.41) is 17.6. The number of aromatic nitrogens is 2. The number of nitriles is 1. The van der Waals surface area contributed by atoms with Gasteiger partial charge in [-0.2, -0.15) is 10.4 Å². The van der Waals surface area contributed by atoms with Gasteiger partial charge in [-0.05, 0) is 55.3 Å². The number of amides is 1. The fourth-order valence-electron chi connectivity index (χ4n) is 4.11. The average molecular weight is 453 g/mol. The number of ether oxygens (including phenoxy) is 1. The molecule has 172 valence electrons. The number of nitrogens with one attached hydrogen (secondary N) is 1. The standard InChI is InChI=1S/C28H28N4O2/c1-2-17-34-26-15-13-21(14-16-26)27-23(20-32(31-27)25-11-7-4-8-12-25)18-22(19-29)28(33)30-24-9-5-3-6-10-24/h2,4,7-8,11-16,18,20,24H,1,3,5-6,9-10,17H2,(H,30,33)/b22-18+. The van der Waals surface area contributed by atoms with Crippen LogP contribution in [0.3, 0.4) is 0 Å². The molecule has 6 nitrogen and oxygen atoms in total. The van der Waals surface area contributed by atoms with E-state index in [1.54, 1.807) is 16.8 Å². The summed E-state index contributed by atoms with van der Waals surface area (Å²) in [5.74, 6) is 0.397. The smallest absolute Gasteiger partial charge is 0.262 e. The van der Waals surface area contributed by atoms with E-state index < -0.39 is 0 Å². The minimum absolute atomic E-state index is 0.0744. The van der Waals surface area contributed by atoms with E-state index in [9.17, 15) is 10.1 Å². The summed E-state index contributed by atoms with van der Waals surface area (Å²) in [6.07, 6.45) is 10.5. The summed E-state index contributed by atoms with van der Waals surface area (Å²) < 4.78 is 7.35. The van der Waals surface area contributed by atoms with Gasteiger partial charge in [-0.25, -0.2) is 4.68 Å². The van der Waals surface area contributed by atoms with E-state index in [4.69, 9.17) is 9.84 Å². The molecule has 1 saturated carbocycles. The van der Waals surface area contributed by atoms with Gasteiger partial charge in [-0.1, -0.05) is 50.1 Å². The van der Waals surface area contributed by atoms with Crippen molar-refractivity contribution in [1.29, 1.82) is 5.26 Å². The van der Waals surface area contributed by atoms with Crippen LogP contribution in [0.5, 0.6) is 5.75 Å². The molecule has 1 aliphatic rings. The van der Waals surface area contributed by atoms with Crippen LogP contribution in [0.2, 0.25) is 0 Å². The molecule has 0 saturated heterocycles. The molecule has 34 heavy (non-hydrogen) atoms. The zero-order valence-corrected chi connectivity index (χ0v) is 19.1. The van der Waals surface area contributed by atoms with E-state index >= 15 is 0 Å². The van der Waals surface area contributed by atoms with Crippen molar-refractivity contribution in [1.82, 2.24) is 15.1 Å². The summed E-state index contributed by atoms with van der Waals surface area (Å²) >= 11 is 0. The highest BCUT2D eigenvalue weighted by Gasteiger charge is 2.19. The third-order valence-corrected chi connectivity index (χ3v) is 5.86. The van der Waals surface area contributed by atoms with Crippen molar-refractivity contribution in [2.24, 2.45) is 0 Å². The Morgan fingerprint density at radius 2 is 1.88 bits per heavy atom. The molecule has 1 N–H and O–H groups in total. The molecule has 1 amide bonds. The summed E-state index contributed by atoms with van der Waals surface area (Å²) in [7, 11) is 0. The first-order valence-electron chi connectivity index (χ1n) is 11.6. The summed E-state index contributed by atoms with van der Waals surface area (Å²) in [5.41, 5.74) is 3.19. The van der Waals surface area contributed by atoms with Crippen molar-refractivity contribution in [3.8, 4) is 28.8 Å². The SMILES string of the molecule is C=CCOc1ccc(-c2nn(-c3ccccc3)cc2/C=C(\C#N)C(=O)NC2CCCCC2)cc1. The monoisotopic (exact) mass is 452 g/mol. The van der Waals surface area contributed by atoms with E-state index in [1.807, 2.05) is 60.8 Å². The molecule has 1 aliphatic carbocycles. The van der Waals surface area contributed by atoms with Crippen LogP contribution in [0.15, 0.2) is 79.0 Å². The van der Waals surface area contributed by atoms with Crippen molar-refractivity contribution in [2.75, 3.05) is 6.61 Å². The van der Waals surface area contributed by atoms with Crippen LogP contribution in [-0.4, -0.2) is 28.3 Å². The zero-order chi connectivity index (χ0) is 23.8. The molecule has 1 heterocycles. The van der Waals surface area contributed by atoms with Gasteiger partial charge in [0.15, 0.2) is 0 Å². The second-order valence-electron chi connectivity index (χ2n) is 8.32. The molecule has 0 aliphatic heterocycles. The van der Waals surface area contributed by atoms with Crippen LogP contribution in [0.1, 0.15) is 37.7 Å². The summed E-state index contributed by atoms with van der Waals surface area (Å²) in [6, 6.07) is 19.5. The van der Waals surface area contributed by atoms with E-state index in [2.05, 4.69) is 18.0 Å². The lowest BCUT2D eigenvalue weighted by molar-refractivity contribution is -0.117. The third-order valence-electron chi connectivity index (χ3n) is 5.86. The lowest BCUT2D eigenvalue weighted by atomic mass is 9.95. The van der Waals surface area contributed by atoms with Gasteiger partial charge in [0.1, 0.15) is 24.0 Å². The molecular formula is C28H28N4O2. The lowest BCUT2D eigenvalue weighted by Gasteiger charge is -2.22. The highest BCUT2D eigenvalue weighted by Crippen LogP contribution is 2.28. The van der Waals surface area contributed by atoms with Gasteiger partial charge in [-0.15, -0.1) is 0 Å². The molecule has 1 fully saturated rings. The first-order valence-corrected chi connectivity index (χ1v) is 11.6. The quantitative estimate of drug-likeness (QED) is 0.280. The fourth-order valence-corrected chi connectivity index (χ4v) is 4.11. The van der Waals surface area contributed by atoms with Gasteiger partial charge < -0.3 is 10.1 Å². The number of nitrogens with zero attached hydrogens (tertiary/aromatic N) is 3. The summed E-state index contributed by atoms with van der Waals surface area (Å²) in [4.78, 5) is 12.9. The number of rotatable bonds is 8. The molecule has 3 aromatic rings. The molecule has 0 unspecified atom stereocenters. The number of carbonyl (C=O) groups excluding carboxylic acids is 1. The van der Waals surface area contributed by atoms with Crippen LogP contribution >= 0.6 is 0 Å². The number of hydrogen-bond acceptors (Lipinski definition) is 4. The first-order chi connectivity index (χ1) is 16.7. The van der Waals surface area contributed by atoms with E-state index in [0.29, 0.717) is 17.9 Å². The van der Waals surface area contributed by atoms with E-state index in [1.165, 1.54) is 6.42 Å². The van der Waals surface area contributed by atoms with E-state index in [0.717, 1.165) is 42.7 Å². The topological polar surface area (TPSA) is 79.9 Å². The first kappa shape index (κ1) is 23.1. The van der Waals surface area contributed by atoms with Crippen LogP contribution in [0.4, 0.5) is 0 Å². The zero-order valence-electron chi connectivity index (χ0n) is 19.1. The Morgan fingerprint density at radius 1 is 1.15 bits per heavy atom. The Balaban J connectivity index is 1.68. The van der Waals surface area contributed by atoms with Crippen molar-refractivity contribution < 1.29 is 9.53 Å². The summed E-state index contributed by atoms with van der Waals surface area (Å²) in [6.45, 7) is 4.10. The Bertz CT molecular complexity index is 1200. The number of para-hydroxylation sites is 1. The van der Waals surface area contributed by atoms with Crippen LogP contribution < -0.4 is 10.1 Å². The van der Waals surface area contributed by atoms with Crippen LogP contribution in [0, 0.1) is 11.3 Å². The van der Waals surface area contributed by atoms with Gasteiger partial charge in [0.25, 0.3) is 5.91 Å². The number of carbonyl (C=O) groups is 1. The van der Waals surface area contributed by atoms with Gasteiger partial charge in [0.05, 0.1) is 11.4 Å². The van der Waals surface area contributed by atoms with Gasteiger partial charge in [-0.3, -0.25) is 4.79 Å². The minimum atomic E-state index is -0.332. The maximum Gasteiger partial charge on any atom is 0.262 e. The maximum atomic E-state index is 12.9. The molecule has 6 heteroatoms. The van der Waals surface area contributed by atoms with Crippen molar-refractivity contribution in [2.45, 2.75) is 38.1 Å². The second-order valence-corrected chi connectivity index (χ2v) is 8.32. The highest BCUT2D eigenvalue weighted by molar-refractivity contribution is 6.02. The molecular weight excluding hydrogens is 424 g/mol. The molecule has 0 radical (unpaired) electrons. The fraction of sp³-hybridized carbons (Fsp3) is 0.250. The molecule has 2 aromatic carbocycles. The second kappa shape index (κ2) is 11.2. The molecule has 4 rings (SSSR count). The predicted molar refractivity (Wildman–Crippen MR) is 133 cm³/mol. The Kier molecular flexibility index (Phi) is 7.56. The van der Waals surface area contributed by atoms with Crippen molar-refractivity contribution in [3.63, 3.8) is 0 Å². The normalized spacial score (nSPS) is 14.3. The third kappa shape index (κ3) is 5.62. The molecule has 0 bridgehead atoms. The molecule has 1 aromatic heterocycles. The van der Waals surface area contributed by atoms with Crippen LogP contribution in [-0.2, 0) is 4.79 Å². The minimum Gasteiger partial charge on any atom is -0.490 e. The Labute approximate surface area is 200 Å². The predicted octanol–water partition coefficient (Wildman–Crippen LogP) is 5.46. The Morgan fingerprint density at radius 3 is 2.56 bits per heavy atom. The van der Waals surface area contributed by atoms with Gasteiger partial charge in [0, 0.05) is 23.4 Å². The number of benzene rings is 2. The largest absolute Gasteiger partial charge is 0.490 e. The maximum absolute atomic E-state index is 12.9. The Hall–Kier alpha value is -4.11. The van der Waals surface area contributed by atoms with Gasteiger partial charge >= 0.3 is 0 Å².